The number of anilines is 1. The quantitative estimate of drug-likeness (QED) is 0.803. The number of methoxy groups -OCH3 is 1. The number of carbonyl (C=O) groups is 1. The minimum Gasteiger partial charge on any atom is -0.497 e. The highest BCUT2D eigenvalue weighted by Crippen LogP contribution is 2.36. The molecule has 7 heteroatoms. The molecule has 1 aromatic carbocycles. The Kier molecular flexibility index (Phi) is 4.69. The molecule has 0 radical (unpaired) electrons. The normalized spacial score (nSPS) is 29.6. The van der Waals surface area contributed by atoms with E-state index in [1.54, 1.807) is 12.0 Å². The summed E-state index contributed by atoms with van der Waals surface area (Å²) >= 11 is 0. The van der Waals surface area contributed by atoms with E-state index in [0.717, 1.165) is 24.3 Å². The van der Waals surface area contributed by atoms with Crippen LogP contribution in [0.2, 0.25) is 0 Å². The Labute approximate surface area is 155 Å². The van der Waals surface area contributed by atoms with Gasteiger partial charge in [0.2, 0.25) is 5.91 Å². The number of piperazine rings is 1. The molecule has 0 aromatic heterocycles. The molecule has 4 rings (SSSR count). The lowest BCUT2D eigenvalue weighted by molar-refractivity contribution is -0.124. The average molecular weight is 378 g/mol. The molecule has 2 aliphatic heterocycles. The van der Waals surface area contributed by atoms with Gasteiger partial charge in [0.1, 0.15) is 5.75 Å². The molecule has 2 atom stereocenters. The molecular formula is C19H26N2O4S. The van der Waals surface area contributed by atoms with Crippen LogP contribution in [0.25, 0.3) is 0 Å². The third kappa shape index (κ3) is 3.22. The molecule has 3 fully saturated rings. The summed E-state index contributed by atoms with van der Waals surface area (Å²) in [6, 6.07) is 7.26. The van der Waals surface area contributed by atoms with Crippen molar-refractivity contribution < 1.29 is 17.9 Å². The fourth-order valence-corrected chi connectivity index (χ4v) is 6.76. The van der Waals surface area contributed by atoms with E-state index >= 15 is 0 Å². The van der Waals surface area contributed by atoms with Crippen LogP contribution in [0.1, 0.15) is 32.1 Å². The maximum absolute atomic E-state index is 13.0. The predicted octanol–water partition coefficient (Wildman–Crippen LogP) is 1.84. The zero-order valence-electron chi connectivity index (χ0n) is 15.1. The highest BCUT2D eigenvalue weighted by Gasteiger charge is 2.51. The van der Waals surface area contributed by atoms with Crippen molar-refractivity contribution in [3.63, 3.8) is 0 Å². The van der Waals surface area contributed by atoms with Crippen molar-refractivity contribution >= 4 is 21.4 Å². The molecular weight excluding hydrogens is 352 g/mol. The van der Waals surface area contributed by atoms with Gasteiger partial charge in [0.25, 0.3) is 0 Å². The van der Waals surface area contributed by atoms with E-state index in [1.165, 1.54) is 19.3 Å². The lowest BCUT2D eigenvalue weighted by Gasteiger charge is -2.47. The Bertz CT molecular complexity index is 771. The van der Waals surface area contributed by atoms with Gasteiger partial charge in [0.15, 0.2) is 9.84 Å². The molecule has 1 saturated carbocycles. The van der Waals surface area contributed by atoms with Crippen molar-refractivity contribution in [2.24, 2.45) is 0 Å². The van der Waals surface area contributed by atoms with Crippen LogP contribution < -0.4 is 9.64 Å². The zero-order valence-corrected chi connectivity index (χ0v) is 16.0. The zero-order chi connectivity index (χ0) is 18.3. The molecule has 2 heterocycles. The predicted molar refractivity (Wildman–Crippen MR) is 100 cm³/mol. The van der Waals surface area contributed by atoms with Crippen molar-refractivity contribution in [3.8, 4) is 5.75 Å². The first-order valence-corrected chi connectivity index (χ1v) is 11.2. The maximum Gasteiger partial charge on any atom is 0.241 e. The summed E-state index contributed by atoms with van der Waals surface area (Å²) in [6.07, 6.45) is 5.71. The number of nitrogens with zero attached hydrogens (tertiary/aromatic N) is 2. The summed E-state index contributed by atoms with van der Waals surface area (Å²) in [5.74, 6) is 0.934. The Morgan fingerprint density at radius 1 is 1.00 bits per heavy atom. The van der Waals surface area contributed by atoms with Crippen LogP contribution in [0, 0.1) is 0 Å². The molecule has 0 spiro atoms. The minimum atomic E-state index is -3.14. The summed E-state index contributed by atoms with van der Waals surface area (Å²) in [5.41, 5.74) is 0.756. The van der Waals surface area contributed by atoms with E-state index in [9.17, 15) is 13.2 Å². The number of benzene rings is 1. The first-order chi connectivity index (χ1) is 12.5. The number of ether oxygens (including phenoxy) is 1. The van der Waals surface area contributed by atoms with Crippen molar-refractivity contribution in [1.82, 2.24) is 4.90 Å². The highest BCUT2D eigenvalue weighted by molar-refractivity contribution is 7.91. The van der Waals surface area contributed by atoms with Gasteiger partial charge in [-0.25, -0.2) is 8.42 Å². The van der Waals surface area contributed by atoms with E-state index in [1.807, 2.05) is 24.3 Å². The molecule has 1 aliphatic carbocycles. The summed E-state index contributed by atoms with van der Waals surface area (Å²) in [7, 11) is -1.54. The molecule has 142 valence electrons. The molecule has 26 heavy (non-hydrogen) atoms. The molecule has 1 aromatic rings. The molecule has 3 aliphatic rings. The van der Waals surface area contributed by atoms with Gasteiger partial charge in [0, 0.05) is 17.8 Å². The third-order valence-electron chi connectivity index (χ3n) is 6.03. The smallest absolute Gasteiger partial charge is 0.241 e. The second-order valence-electron chi connectivity index (χ2n) is 7.64. The largest absolute Gasteiger partial charge is 0.497 e. The molecule has 0 unspecified atom stereocenters. The molecule has 0 bridgehead atoms. The maximum atomic E-state index is 13.0. The summed E-state index contributed by atoms with van der Waals surface area (Å²) < 4.78 is 30.0. The van der Waals surface area contributed by atoms with E-state index in [0.29, 0.717) is 12.6 Å². The van der Waals surface area contributed by atoms with Gasteiger partial charge in [0.05, 0.1) is 31.2 Å². The van der Waals surface area contributed by atoms with Gasteiger partial charge in [-0.2, -0.15) is 0 Å². The number of hydrogen-bond donors (Lipinski definition) is 0. The Hall–Kier alpha value is -1.60. The topological polar surface area (TPSA) is 66.9 Å². The minimum absolute atomic E-state index is 0.000842. The second kappa shape index (κ2) is 6.85. The fraction of sp³-hybridized carbons (Fsp3) is 0.632. The monoisotopic (exact) mass is 378 g/mol. The highest BCUT2D eigenvalue weighted by atomic mass is 32.2. The summed E-state index contributed by atoms with van der Waals surface area (Å²) in [4.78, 5) is 16.9. The molecule has 0 N–H and O–H groups in total. The first kappa shape index (κ1) is 17.8. The lowest BCUT2D eigenvalue weighted by Crippen LogP contribution is -2.64. The second-order valence-corrected chi connectivity index (χ2v) is 9.79. The van der Waals surface area contributed by atoms with Gasteiger partial charge >= 0.3 is 0 Å². The third-order valence-corrected chi connectivity index (χ3v) is 7.73. The van der Waals surface area contributed by atoms with Gasteiger partial charge in [-0.1, -0.05) is 19.3 Å². The Morgan fingerprint density at radius 3 is 2.31 bits per heavy atom. The Morgan fingerprint density at radius 2 is 1.65 bits per heavy atom. The number of rotatable bonds is 3. The summed E-state index contributed by atoms with van der Waals surface area (Å²) in [5, 5.41) is 0. The number of amides is 1. The van der Waals surface area contributed by atoms with Crippen molar-refractivity contribution in [1.29, 1.82) is 0 Å². The standard InChI is InChI=1S/C19H26N2O4S/c1-25-16-9-7-15(8-10-16)21-18-13-26(23,24)12-17(18)20(11-19(21)22)14-5-3-2-4-6-14/h7-10,14,17-18H,2-6,11-13H2,1H3/t17-,18+/m1/s1. The SMILES string of the molecule is COc1ccc(N2C(=O)CN(C3CCCCC3)[C@@H]3CS(=O)(=O)C[C@@H]32)cc1. The summed E-state index contributed by atoms with van der Waals surface area (Å²) in [6.45, 7) is 0.313. The Balaban J connectivity index is 1.66. The van der Waals surface area contributed by atoms with E-state index < -0.39 is 9.84 Å². The van der Waals surface area contributed by atoms with Crippen LogP contribution >= 0.6 is 0 Å². The molecule has 1 amide bonds. The van der Waals surface area contributed by atoms with Gasteiger partial charge in [-0.05, 0) is 37.1 Å². The average Bonchev–Trinajstić information content (AvgIpc) is 2.97. The van der Waals surface area contributed by atoms with Crippen LogP contribution in [0.15, 0.2) is 24.3 Å². The first-order valence-electron chi connectivity index (χ1n) is 9.41. The van der Waals surface area contributed by atoms with Crippen LogP contribution in [-0.4, -0.2) is 62.5 Å². The van der Waals surface area contributed by atoms with E-state index in [2.05, 4.69) is 4.90 Å². The number of fused-ring (bicyclic) bond motifs is 1. The fourth-order valence-electron chi connectivity index (χ4n) is 4.80. The molecule has 2 saturated heterocycles. The van der Waals surface area contributed by atoms with E-state index in [-0.39, 0.29) is 29.5 Å². The van der Waals surface area contributed by atoms with E-state index in [4.69, 9.17) is 4.74 Å². The van der Waals surface area contributed by atoms with Crippen molar-refractivity contribution in [2.45, 2.75) is 50.2 Å². The van der Waals surface area contributed by atoms with Gasteiger partial charge < -0.3 is 9.64 Å². The van der Waals surface area contributed by atoms with Gasteiger partial charge in [-0.15, -0.1) is 0 Å². The molecule has 6 nitrogen and oxygen atoms in total. The van der Waals surface area contributed by atoms with Crippen LogP contribution in [-0.2, 0) is 14.6 Å². The van der Waals surface area contributed by atoms with Crippen LogP contribution in [0.3, 0.4) is 0 Å². The number of sulfone groups is 1. The van der Waals surface area contributed by atoms with Gasteiger partial charge in [-0.3, -0.25) is 9.69 Å². The lowest BCUT2D eigenvalue weighted by atomic mass is 9.91. The van der Waals surface area contributed by atoms with Crippen molar-refractivity contribution in [3.05, 3.63) is 24.3 Å². The number of hydrogen-bond acceptors (Lipinski definition) is 5. The van der Waals surface area contributed by atoms with Crippen molar-refractivity contribution in [2.75, 3.05) is 30.1 Å². The number of carbonyl (C=O) groups excluding carboxylic acids is 1. The van der Waals surface area contributed by atoms with Crippen LogP contribution in [0.5, 0.6) is 5.75 Å². The van der Waals surface area contributed by atoms with Crippen LogP contribution in [0.4, 0.5) is 5.69 Å².